The zero-order chi connectivity index (χ0) is 8.95. The minimum Gasteiger partial charge on any atom is -0.269 e. The number of hydrogen-bond acceptors (Lipinski definition) is 1. The van der Waals surface area contributed by atoms with Crippen LogP contribution in [-0.4, -0.2) is 12.9 Å². The van der Waals surface area contributed by atoms with Gasteiger partial charge in [-0.25, -0.2) is 0 Å². The number of aliphatic imine (C=N–C) groups is 1. The maximum atomic E-state index is 10.7. The number of rotatable bonds is 3. The summed E-state index contributed by atoms with van der Waals surface area (Å²) in [6.45, 7) is 6.97. The molecule has 2 heteroatoms. The van der Waals surface area contributed by atoms with Crippen LogP contribution >= 0.6 is 0 Å². The van der Waals surface area contributed by atoms with Gasteiger partial charge in [-0.05, 0) is 19.4 Å². The molecule has 0 atom stereocenters. The summed E-state index contributed by atoms with van der Waals surface area (Å²) in [6, 6.07) is 0. The molecular formula is C9H16FN. The number of hydrogen-bond donors (Lipinski definition) is 0. The SMILES string of the molecule is C=C/C=C\N=CC.CCCF. The molecule has 0 unspecified atom stereocenters. The van der Waals surface area contributed by atoms with Crippen LogP contribution in [0.5, 0.6) is 0 Å². The van der Waals surface area contributed by atoms with Crippen LogP contribution in [0.15, 0.2) is 29.9 Å². The van der Waals surface area contributed by atoms with E-state index in [1.807, 2.05) is 6.92 Å². The van der Waals surface area contributed by atoms with Crippen molar-refractivity contribution in [2.24, 2.45) is 4.99 Å². The van der Waals surface area contributed by atoms with E-state index in [0.29, 0.717) is 6.42 Å². The molecule has 0 aliphatic rings. The highest BCUT2D eigenvalue weighted by atomic mass is 19.1. The highest BCUT2D eigenvalue weighted by molar-refractivity contribution is 5.54. The highest BCUT2D eigenvalue weighted by Gasteiger charge is 1.60. The Morgan fingerprint density at radius 3 is 2.36 bits per heavy atom. The molecule has 0 aromatic carbocycles. The van der Waals surface area contributed by atoms with E-state index in [1.54, 1.807) is 31.5 Å². The molecule has 0 saturated carbocycles. The summed E-state index contributed by atoms with van der Waals surface area (Å²) in [5.74, 6) is 0. The molecule has 64 valence electrons. The quantitative estimate of drug-likeness (QED) is 0.441. The first kappa shape index (κ1) is 12.7. The summed E-state index contributed by atoms with van der Waals surface area (Å²) in [4.78, 5) is 3.78. The third kappa shape index (κ3) is 27.3. The molecule has 0 bridgehead atoms. The molecule has 0 spiro atoms. The third-order valence-electron chi connectivity index (χ3n) is 0.646. The average molecular weight is 157 g/mol. The second kappa shape index (κ2) is 16.0. The second-order valence-electron chi connectivity index (χ2n) is 1.67. The first-order chi connectivity index (χ1) is 5.33. The molecule has 1 nitrogen and oxygen atoms in total. The Morgan fingerprint density at radius 2 is 2.09 bits per heavy atom. The van der Waals surface area contributed by atoms with E-state index in [0.717, 1.165) is 0 Å². The monoisotopic (exact) mass is 157 g/mol. The Hall–Kier alpha value is -0.920. The van der Waals surface area contributed by atoms with Gasteiger partial charge >= 0.3 is 0 Å². The number of halogens is 1. The van der Waals surface area contributed by atoms with E-state index >= 15 is 0 Å². The zero-order valence-corrected chi connectivity index (χ0v) is 7.26. The van der Waals surface area contributed by atoms with E-state index < -0.39 is 0 Å². The lowest BCUT2D eigenvalue weighted by Gasteiger charge is -1.66. The summed E-state index contributed by atoms with van der Waals surface area (Å²) in [5, 5.41) is 0. The van der Waals surface area contributed by atoms with Crippen LogP contribution in [0.3, 0.4) is 0 Å². The minimum atomic E-state index is -0.181. The van der Waals surface area contributed by atoms with Gasteiger partial charge in [-0.2, -0.15) is 0 Å². The van der Waals surface area contributed by atoms with Crippen LogP contribution in [0.4, 0.5) is 4.39 Å². The number of nitrogens with zero attached hydrogens (tertiary/aromatic N) is 1. The van der Waals surface area contributed by atoms with E-state index in [-0.39, 0.29) is 6.67 Å². The minimum absolute atomic E-state index is 0.181. The van der Waals surface area contributed by atoms with Gasteiger partial charge in [0, 0.05) is 12.4 Å². The van der Waals surface area contributed by atoms with Gasteiger partial charge in [0.15, 0.2) is 0 Å². The zero-order valence-electron chi connectivity index (χ0n) is 7.26. The van der Waals surface area contributed by atoms with Gasteiger partial charge in [-0.3, -0.25) is 9.38 Å². The molecule has 0 radical (unpaired) electrons. The molecule has 11 heavy (non-hydrogen) atoms. The predicted octanol–water partition coefficient (Wildman–Crippen LogP) is 3.14. The van der Waals surface area contributed by atoms with Crippen LogP contribution < -0.4 is 0 Å². The van der Waals surface area contributed by atoms with Crippen LogP contribution in [0.1, 0.15) is 20.3 Å². The summed E-state index contributed by atoms with van der Waals surface area (Å²) in [6.07, 6.45) is 7.53. The van der Waals surface area contributed by atoms with E-state index in [4.69, 9.17) is 0 Å². The topological polar surface area (TPSA) is 12.4 Å². The second-order valence-corrected chi connectivity index (χ2v) is 1.67. The molecule has 0 aliphatic heterocycles. The fourth-order valence-corrected chi connectivity index (χ4v) is 0.197. The molecule has 0 aromatic heterocycles. The maximum absolute atomic E-state index is 10.7. The number of alkyl halides is 1. The van der Waals surface area contributed by atoms with E-state index in [1.165, 1.54) is 0 Å². The third-order valence-corrected chi connectivity index (χ3v) is 0.646. The Bertz CT molecular complexity index is 115. The first-order valence-corrected chi connectivity index (χ1v) is 3.64. The first-order valence-electron chi connectivity index (χ1n) is 3.64. The van der Waals surface area contributed by atoms with Crippen molar-refractivity contribution in [3.8, 4) is 0 Å². The molecule has 0 saturated heterocycles. The molecule has 0 fully saturated rings. The van der Waals surface area contributed by atoms with Crippen LogP contribution in [0, 0.1) is 0 Å². The van der Waals surface area contributed by atoms with Gasteiger partial charge < -0.3 is 0 Å². The summed E-state index contributed by atoms with van der Waals surface area (Å²) >= 11 is 0. The largest absolute Gasteiger partial charge is 0.269 e. The average Bonchev–Trinajstić information content (AvgIpc) is 2.06. The van der Waals surface area contributed by atoms with Crippen LogP contribution in [0.25, 0.3) is 0 Å². The predicted molar refractivity (Wildman–Crippen MR) is 49.8 cm³/mol. The van der Waals surface area contributed by atoms with Crippen molar-refractivity contribution in [3.63, 3.8) is 0 Å². The lowest BCUT2D eigenvalue weighted by Crippen LogP contribution is -1.58. The highest BCUT2D eigenvalue weighted by Crippen LogP contribution is 1.71. The van der Waals surface area contributed by atoms with Gasteiger partial charge in [-0.15, -0.1) is 0 Å². The Labute approximate surface area is 68.3 Å². The van der Waals surface area contributed by atoms with Gasteiger partial charge in [0.2, 0.25) is 0 Å². The lowest BCUT2D eigenvalue weighted by molar-refractivity contribution is 0.487. The Morgan fingerprint density at radius 1 is 1.55 bits per heavy atom. The fraction of sp³-hybridized carbons (Fsp3) is 0.444. The molecule has 0 aromatic rings. The van der Waals surface area contributed by atoms with Crippen LogP contribution in [-0.2, 0) is 0 Å². The van der Waals surface area contributed by atoms with Crippen molar-refractivity contribution >= 4 is 6.21 Å². The van der Waals surface area contributed by atoms with Gasteiger partial charge in [0.1, 0.15) is 0 Å². The lowest BCUT2D eigenvalue weighted by atomic mass is 10.6. The standard InChI is InChI=1S/C6H9N.C3H7F/c1-3-5-6-7-4-2;1-2-3-4/h3-6H,1H2,2H3;2-3H2,1H3/b6-5-,7-4?;. The van der Waals surface area contributed by atoms with Crippen molar-refractivity contribution < 1.29 is 4.39 Å². The van der Waals surface area contributed by atoms with E-state index in [2.05, 4.69) is 11.6 Å². The smallest absolute Gasteiger partial charge is 0.0891 e. The van der Waals surface area contributed by atoms with Crippen molar-refractivity contribution in [3.05, 3.63) is 24.9 Å². The van der Waals surface area contributed by atoms with Gasteiger partial charge in [0.05, 0.1) is 6.67 Å². The number of allylic oxidation sites excluding steroid dienone is 2. The van der Waals surface area contributed by atoms with Gasteiger partial charge in [0.25, 0.3) is 0 Å². The molecule has 0 aliphatic carbocycles. The summed E-state index contributed by atoms with van der Waals surface area (Å²) in [5.41, 5.74) is 0. The Kier molecular flexibility index (Phi) is 18.6. The fourth-order valence-electron chi connectivity index (χ4n) is 0.197. The molecule has 0 N–H and O–H groups in total. The molecule has 0 heterocycles. The Balaban J connectivity index is 0. The summed E-state index contributed by atoms with van der Waals surface area (Å²) in [7, 11) is 0. The molecule has 0 rings (SSSR count). The van der Waals surface area contributed by atoms with Crippen molar-refractivity contribution in [1.82, 2.24) is 0 Å². The molecular weight excluding hydrogens is 141 g/mol. The maximum Gasteiger partial charge on any atom is 0.0891 e. The normalized spacial score (nSPS) is 9.73. The van der Waals surface area contributed by atoms with E-state index in [9.17, 15) is 4.39 Å². The van der Waals surface area contributed by atoms with Gasteiger partial charge in [-0.1, -0.05) is 19.6 Å². The molecule has 0 amide bonds. The van der Waals surface area contributed by atoms with Crippen molar-refractivity contribution in [1.29, 1.82) is 0 Å². The summed E-state index contributed by atoms with van der Waals surface area (Å²) < 4.78 is 10.7. The van der Waals surface area contributed by atoms with Crippen molar-refractivity contribution in [2.45, 2.75) is 20.3 Å². The van der Waals surface area contributed by atoms with Crippen LogP contribution in [0.2, 0.25) is 0 Å². The van der Waals surface area contributed by atoms with Crippen molar-refractivity contribution in [2.75, 3.05) is 6.67 Å².